The van der Waals surface area contributed by atoms with Gasteiger partial charge in [0.25, 0.3) is 0 Å². The minimum absolute atomic E-state index is 0.375. The zero-order chi connectivity index (χ0) is 9.84. The second-order valence-electron chi connectivity index (χ2n) is 3.28. The molecule has 0 saturated heterocycles. The number of rotatable bonds is 3. The van der Waals surface area contributed by atoms with Crippen molar-refractivity contribution in [1.82, 2.24) is 4.90 Å². The lowest BCUT2D eigenvalue weighted by molar-refractivity contribution is 0.412. The van der Waals surface area contributed by atoms with Gasteiger partial charge in [-0.25, -0.2) is 0 Å². The third-order valence-electron chi connectivity index (χ3n) is 1.76. The highest BCUT2D eigenvalue weighted by atomic mass is 79.9. The number of halogens is 2. The van der Waals surface area contributed by atoms with Crippen LogP contribution in [0, 0.1) is 0 Å². The van der Waals surface area contributed by atoms with Crippen molar-refractivity contribution in [1.29, 1.82) is 0 Å². The van der Waals surface area contributed by atoms with Crippen LogP contribution in [-0.2, 0) is 0 Å². The van der Waals surface area contributed by atoms with Crippen molar-refractivity contribution >= 4 is 27.5 Å². The summed E-state index contributed by atoms with van der Waals surface area (Å²) in [5.41, 5.74) is 1.26. The molecule has 0 N–H and O–H groups in total. The monoisotopic (exact) mass is 261 g/mol. The van der Waals surface area contributed by atoms with Crippen LogP contribution in [0.1, 0.15) is 10.4 Å². The van der Waals surface area contributed by atoms with Gasteiger partial charge in [-0.05, 0) is 31.8 Å². The first kappa shape index (κ1) is 11.0. The second-order valence-corrected chi connectivity index (χ2v) is 4.82. The van der Waals surface area contributed by atoms with Crippen molar-refractivity contribution in [3.05, 3.63) is 34.9 Å². The van der Waals surface area contributed by atoms with Crippen molar-refractivity contribution in [3.8, 4) is 0 Å². The quantitative estimate of drug-likeness (QED) is 0.755. The fourth-order valence-electron chi connectivity index (χ4n) is 1.10. The molecule has 0 aliphatic rings. The Labute approximate surface area is 92.8 Å². The van der Waals surface area contributed by atoms with E-state index in [1.54, 1.807) is 0 Å². The molecule has 0 fully saturated rings. The first-order valence-corrected chi connectivity index (χ1v) is 5.43. The van der Waals surface area contributed by atoms with E-state index in [2.05, 4.69) is 34.9 Å². The number of hydrogen-bond acceptors (Lipinski definition) is 1. The van der Waals surface area contributed by atoms with Gasteiger partial charge in [-0.15, -0.1) is 0 Å². The minimum Gasteiger partial charge on any atom is -0.308 e. The summed E-state index contributed by atoms with van der Waals surface area (Å²) in [4.78, 5) is 2.52. The van der Waals surface area contributed by atoms with E-state index in [0.29, 0.717) is 4.83 Å². The van der Waals surface area contributed by atoms with Crippen molar-refractivity contribution in [3.63, 3.8) is 0 Å². The van der Waals surface area contributed by atoms with Crippen LogP contribution in [0.25, 0.3) is 0 Å². The smallest absolute Gasteiger partial charge is 0.0522 e. The fourth-order valence-corrected chi connectivity index (χ4v) is 2.11. The molecule has 1 atom stereocenters. The molecule has 1 unspecified atom stereocenters. The van der Waals surface area contributed by atoms with Crippen LogP contribution < -0.4 is 0 Å². The average molecular weight is 263 g/mol. The molecule has 13 heavy (non-hydrogen) atoms. The molecule has 0 saturated carbocycles. The van der Waals surface area contributed by atoms with E-state index in [0.717, 1.165) is 11.6 Å². The molecule has 0 bridgehead atoms. The highest BCUT2D eigenvalue weighted by Crippen LogP contribution is 2.24. The van der Waals surface area contributed by atoms with Crippen LogP contribution in [0.5, 0.6) is 0 Å². The van der Waals surface area contributed by atoms with Gasteiger partial charge in [-0.2, -0.15) is 0 Å². The summed E-state index contributed by atoms with van der Waals surface area (Å²) in [6, 6.07) is 7.93. The molecule has 72 valence electrons. The molecule has 0 aliphatic heterocycles. The molecule has 0 spiro atoms. The van der Waals surface area contributed by atoms with Crippen LogP contribution in [0.15, 0.2) is 24.3 Å². The fraction of sp³-hybridized carbons (Fsp3) is 0.400. The van der Waals surface area contributed by atoms with Crippen LogP contribution in [0.4, 0.5) is 0 Å². The zero-order valence-corrected chi connectivity index (χ0v) is 10.1. The van der Waals surface area contributed by atoms with E-state index in [1.807, 2.05) is 24.3 Å². The molecule has 3 heteroatoms. The Kier molecular flexibility index (Phi) is 4.23. The van der Waals surface area contributed by atoms with Gasteiger partial charge < -0.3 is 4.90 Å². The van der Waals surface area contributed by atoms with Crippen molar-refractivity contribution in [2.45, 2.75) is 4.83 Å². The Balaban J connectivity index is 2.66. The molecule has 0 heterocycles. The summed E-state index contributed by atoms with van der Waals surface area (Å²) in [6.07, 6.45) is 0. The van der Waals surface area contributed by atoms with E-state index < -0.39 is 0 Å². The predicted octanol–water partition coefficient (Wildman–Crippen LogP) is 3.34. The number of alkyl halides is 1. The van der Waals surface area contributed by atoms with E-state index in [-0.39, 0.29) is 0 Å². The minimum atomic E-state index is 0.375. The molecule has 0 aromatic heterocycles. The Hall–Kier alpha value is -0.0500. The van der Waals surface area contributed by atoms with Crippen molar-refractivity contribution in [2.24, 2.45) is 0 Å². The lowest BCUT2D eigenvalue weighted by atomic mass is 10.1. The van der Waals surface area contributed by atoms with Crippen LogP contribution in [-0.4, -0.2) is 25.5 Å². The largest absolute Gasteiger partial charge is 0.308 e. The lowest BCUT2D eigenvalue weighted by Gasteiger charge is -2.15. The molecule has 0 aliphatic carbocycles. The zero-order valence-electron chi connectivity index (χ0n) is 7.80. The summed E-state index contributed by atoms with van der Waals surface area (Å²) < 4.78 is 0. The summed E-state index contributed by atoms with van der Waals surface area (Å²) in [7, 11) is 4.12. The number of nitrogens with zero attached hydrogens (tertiary/aromatic N) is 1. The highest BCUT2D eigenvalue weighted by Gasteiger charge is 2.07. The first-order valence-electron chi connectivity index (χ1n) is 4.14. The van der Waals surface area contributed by atoms with Gasteiger partial charge in [0.05, 0.1) is 4.83 Å². The van der Waals surface area contributed by atoms with E-state index >= 15 is 0 Å². The van der Waals surface area contributed by atoms with E-state index in [4.69, 9.17) is 11.6 Å². The SMILES string of the molecule is CN(C)CC(Br)c1ccc(Cl)cc1. The lowest BCUT2D eigenvalue weighted by Crippen LogP contribution is -2.16. The molecule has 0 amide bonds. The standard InChI is InChI=1S/C10H13BrClN/c1-13(2)7-10(11)8-3-5-9(12)6-4-8/h3-6,10H,7H2,1-2H3. The Bertz CT molecular complexity index is 258. The maximum Gasteiger partial charge on any atom is 0.0522 e. The Morgan fingerprint density at radius 2 is 1.85 bits per heavy atom. The second kappa shape index (κ2) is 4.99. The van der Waals surface area contributed by atoms with Gasteiger partial charge >= 0.3 is 0 Å². The van der Waals surface area contributed by atoms with Gasteiger partial charge in [0.2, 0.25) is 0 Å². The van der Waals surface area contributed by atoms with Crippen molar-refractivity contribution in [2.75, 3.05) is 20.6 Å². The van der Waals surface area contributed by atoms with Gasteiger partial charge in [0.1, 0.15) is 0 Å². The number of hydrogen-bond donors (Lipinski definition) is 0. The maximum atomic E-state index is 5.80. The number of benzene rings is 1. The first-order chi connectivity index (χ1) is 6.09. The summed E-state index contributed by atoms with van der Waals surface area (Å²) in [5.74, 6) is 0. The van der Waals surface area contributed by atoms with Gasteiger partial charge in [0.15, 0.2) is 0 Å². The van der Waals surface area contributed by atoms with E-state index in [1.165, 1.54) is 5.56 Å². The highest BCUT2D eigenvalue weighted by molar-refractivity contribution is 9.09. The molecule has 0 radical (unpaired) electrons. The van der Waals surface area contributed by atoms with Crippen LogP contribution in [0.2, 0.25) is 5.02 Å². The number of likely N-dealkylation sites (N-methyl/N-ethyl adjacent to an activating group) is 1. The van der Waals surface area contributed by atoms with Crippen molar-refractivity contribution < 1.29 is 0 Å². The molecule has 1 rings (SSSR count). The molecular formula is C10H13BrClN. The molecular weight excluding hydrogens is 249 g/mol. The normalized spacial score (nSPS) is 13.3. The molecule has 1 aromatic rings. The third kappa shape index (κ3) is 3.67. The average Bonchev–Trinajstić information content (AvgIpc) is 2.04. The summed E-state index contributed by atoms with van der Waals surface area (Å²) in [6.45, 7) is 0.988. The Morgan fingerprint density at radius 3 is 2.31 bits per heavy atom. The third-order valence-corrected chi connectivity index (χ3v) is 2.83. The maximum absolute atomic E-state index is 5.80. The summed E-state index contributed by atoms with van der Waals surface area (Å²) >= 11 is 9.42. The van der Waals surface area contributed by atoms with Gasteiger partial charge in [-0.3, -0.25) is 0 Å². The van der Waals surface area contributed by atoms with Gasteiger partial charge in [-0.1, -0.05) is 39.7 Å². The summed E-state index contributed by atoms with van der Waals surface area (Å²) in [5, 5.41) is 0.785. The molecule has 1 aromatic carbocycles. The van der Waals surface area contributed by atoms with Crippen LogP contribution in [0.3, 0.4) is 0 Å². The topological polar surface area (TPSA) is 3.24 Å². The molecule has 1 nitrogen and oxygen atoms in total. The Morgan fingerprint density at radius 1 is 1.31 bits per heavy atom. The van der Waals surface area contributed by atoms with E-state index in [9.17, 15) is 0 Å². The van der Waals surface area contributed by atoms with Crippen LogP contribution >= 0.6 is 27.5 Å². The predicted molar refractivity (Wildman–Crippen MR) is 61.7 cm³/mol. The van der Waals surface area contributed by atoms with Gasteiger partial charge in [0, 0.05) is 11.6 Å².